The fourth-order valence-electron chi connectivity index (χ4n) is 2.45. The van der Waals surface area contributed by atoms with Gasteiger partial charge in [-0.3, -0.25) is 0 Å². The van der Waals surface area contributed by atoms with Gasteiger partial charge in [-0.2, -0.15) is 0 Å². The predicted octanol–water partition coefficient (Wildman–Crippen LogP) is 3.98. The molecule has 6 heteroatoms. The van der Waals surface area contributed by atoms with Gasteiger partial charge < -0.3 is 20.5 Å². The molecule has 2 aromatic rings. The van der Waals surface area contributed by atoms with Gasteiger partial charge in [-0.15, -0.1) is 0 Å². The Morgan fingerprint density at radius 3 is 2.68 bits per heavy atom. The van der Waals surface area contributed by atoms with E-state index >= 15 is 0 Å². The van der Waals surface area contributed by atoms with E-state index in [0.29, 0.717) is 23.8 Å². The van der Waals surface area contributed by atoms with Crippen molar-refractivity contribution >= 4 is 21.9 Å². The third-order valence-corrected chi connectivity index (χ3v) is 4.50. The normalized spacial score (nSPS) is 12.6. The largest absolute Gasteiger partial charge is 0.504 e. The van der Waals surface area contributed by atoms with Crippen molar-refractivity contribution in [3.63, 3.8) is 0 Å². The SMILES string of the molecule is CCNC(=NCc1cccc(OC)c1O)NC(C)c1ccccc1Br. The quantitative estimate of drug-likeness (QED) is 0.502. The number of halogens is 1. The van der Waals surface area contributed by atoms with E-state index in [0.717, 1.165) is 16.6 Å². The highest BCUT2D eigenvalue weighted by Crippen LogP contribution is 2.29. The van der Waals surface area contributed by atoms with Crippen LogP contribution in [0.25, 0.3) is 0 Å². The smallest absolute Gasteiger partial charge is 0.192 e. The van der Waals surface area contributed by atoms with Crippen LogP contribution in [0.15, 0.2) is 51.9 Å². The van der Waals surface area contributed by atoms with E-state index in [2.05, 4.69) is 44.5 Å². The summed E-state index contributed by atoms with van der Waals surface area (Å²) in [4.78, 5) is 4.58. The van der Waals surface area contributed by atoms with Crippen LogP contribution in [0.3, 0.4) is 0 Å². The third kappa shape index (κ3) is 5.13. The van der Waals surface area contributed by atoms with E-state index in [9.17, 15) is 5.11 Å². The number of ether oxygens (including phenoxy) is 1. The van der Waals surface area contributed by atoms with Crippen molar-refractivity contribution in [2.75, 3.05) is 13.7 Å². The maximum Gasteiger partial charge on any atom is 0.192 e. The van der Waals surface area contributed by atoms with Gasteiger partial charge in [-0.05, 0) is 31.5 Å². The Morgan fingerprint density at radius 2 is 2.00 bits per heavy atom. The topological polar surface area (TPSA) is 65.9 Å². The minimum absolute atomic E-state index is 0.0762. The summed E-state index contributed by atoms with van der Waals surface area (Å²) in [5.74, 6) is 1.27. The number of benzene rings is 2. The molecule has 1 atom stereocenters. The van der Waals surface area contributed by atoms with Crippen LogP contribution in [0.4, 0.5) is 0 Å². The molecule has 2 aromatic carbocycles. The molecule has 0 fully saturated rings. The summed E-state index contributed by atoms with van der Waals surface area (Å²) in [6, 6.07) is 13.6. The summed E-state index contributed by atoms with van der Waals surface area (Å²) >= 11 is 3.58. The first-order valence-corrected chi connectivity index (χ1v) is 9.00. The molecule has 0 saturated carbocycles. The molecule has 25 heavy (non-hydrogen) atoms. The molecule has 0 saturated heterocycles. The molecule has 0 aliphatic rings. The Hall–Kier alpha value is -2.21. The lowest BCUT2D eigenvalue weighted by Gasteiger charge is -2.19. The molecule has 134 valence electrons. The fraction of sp³-hybridized carbons (Fsp3) is 0.316. The van der Waals surface area contributed by atoms with Crippen LogP contribution >= 0.6 is 15.9 Å². The number of nitrogens with zero attached hydrogens (tertiary/aromatic N) is 1. The minimum atomic E-state index is 0.0762. The van der Waals surface area contributed by atoms with Gasteiger partial charge in [0.15, 0.2) is 17.5 Å². The van der Waals surface area contributed by atoms with Crippen molar-refractivity contribution in [1.29, 1.82) is 0 Å². The van der Waals surface area contributed by atoms with Crippen molar-refractivity contribution in [2.24, 2.45) is 4.99 Å². The van der Waals surface area contributed by atoms with Crippen molar-refractivity contribution in [1.82, 2.24) is 10.6 Å². The number of phenols is 1. The Bertz CT molecular complexity index is 734. The number of nitrogens with one attached hydrogen (secondary N) is 2. The summed E-state index contributed by atoms with van der Waals surface area (Å²) < 4.78 is 6.19. The lowest BCUT2D eigenvalue weighted by atomic mass is 10.1. The maximum atomic E-state index is 10.2. The number of guanidine groups is 1. The standard InChI is InChI=1S/C19H24BrN3O2/c1-4-21-19(23-13(2)15-9-5-6-10-16(15)20)22-12-14-8-7-11-17(25-3)18(14)24/h5-11,13,24H,4,12H2,1-3H3,(H2,21,22,23). The molecule has 1 unspecified atom stereocenters. The first kappa shape index (κ1) is 19.1. The van der Waals surface area contributed by atoms with Crippen molar-refractivity contribution in [3.8, 4) is 11.5 Å². The van der Waals surface area contributed by atoms with Crippen LogP contribution in [0.1, 0.15) is 31.0 Å². The predicted molar refractivity (Wildman–Crippen MR) is 105 cm³/mol. The van der Waals surface area contributed by atoms with Gasteiger partial charge in [0.05, 0.1) is 19.7 Å². The Morgan fingerprint density at radius 1 is 1.24 bits per heavy atom. The van der Waals surface area contributed by atoms with Crippen molar-refractivity contribution in [2.45, 2.75) is 26.4 Å². The highest BCUT2D eigenvalue weighted by molar-refractivity contribution is 9.10. The zero-order valence-electron chi connectivity index (χ0n) is 14.7. The monoisotopic (exact) mass is 405 g/mol. The molecule has 2 rings (SSSR count). The van der Waals surface area contributed by atoms with Gasteiger partial charge in [-0.25, -0.2) is 4.99 Å². The molecule has 0 aliphatic carbocycles. The van der Waals surface area contributed by atoms with Crippen LogP contribution in [0.2, 0.25) is 0 Å². The molecule has 0 heterocycles. The number of hydrogen-bond acceptors (Lipinski definition) is 3. The van der Waals surface area contributed by atoms with Crippen LogP contribution in [0.5, 0.6) is 11.5 Å². The molecule has 0 aromatic heterocycles. The summed E-state index contributed by atoms with van der Waals surface area (Å²) in [6.45, 7) is 5.19. The van der Waals surface area contributed by atoms with E-state index < -0.39 is 0 Å². The van der Waals surface area contributed by atoms with Gasteiger partial charge >= 0.3 is 0 Å². The molecule has 0 aliphatic heterocycles. The number of aromatic hydroxyl groups is 1. The zero-order valence-corrected chi connectivity index (χ0v) is 16.3. The van der Waals surface area contributed by atoms with Gasteiger partial charge in [0.2, 0.25) is 0 Å². The molecular weight excluding hydrogens is 382 g/mol. The molecular formula is C19H24BrN3O2. The second-order valence-electron chi connectivity index (χ2n) is 5.55. The Balaban J connectivity index is 2.15. The van der Waals surface area contributed by atoms with E-state index in [4.69, 9.17) is 4.74 Å². The zero-order chi connectivity index (χ0) is 18.2. The van der Waals surface area contributed by atoms with Gasteiger partial charge in [0.1, 0.15) is 0 Å². The van der Waals surface area contributed by atoms with E-state index in [1.54, 1.807) is 6.07 Å². The number of aliphatic imine (C=N–C) groups is 1. The van der Waals surface area contributed by atoms with Crippen LogP contribution in [0, 0.1) is 0 Å². The second kappa shape index (κ2) is 9.32. The molecule has 0 radical (unpaired) electrons. The Labute approximate surface area is 157 Å². The van der Waals surface area contributed by atoms with Crippen LogP contribution in [-0.4, -0.2) is 24.7 Å². The highest BCUT2D eigenvalue weighted by atomic mass is 79.9. The van der Waals surface area contributed by atoms with Crippen molar-refractivity contribution < 1.29 is 9.84 Å². The summed E-state index contributed by atoms with van der Waals surface area (Å²) in [5, 5.41) is 16.8. The van der Waals surface area contributed by atoms with Crippen LogP contribution in [-0.2, 0) is 6.54 Å². The minimum Gasteiger partial charge on any atom is -0.504 e. The summed E-state index contributed by atoms with van der Waals surface area (Å²) in [6.07, 6.45) is 0. The summed E-state index contributed by atoms with van der Waals surface area (Å²) in [7, 11) is 1.53. The average molecular weight is 406 g/mol. The number of rotatable bonds is 6. The van der Waals surface area contributed by atoms with Crippen molar-refractivity contribution in [3.05, 3.63) is 58.1 Å². The molecule has 3 N–H and O–H groups in total. The summed E-state index contributed by atoms with van der Waals surface area (Å²) in [5.41, 5.74) is 1.86. The molecule has 0 bridgehead atoms. The Kier molecular flexibility index (Phi) is 7.13. The van der Waals surface area contributed by atoms with Gasteiger partial charge in [-0.1, -0.05) is 46.3 Å². The van der Waals surface area contributed by atoms with Gasteiger partial charge in [0.25, 0.3) is 0 Å². The number of methoxy groups -OCH3 is 1. The highest BCUT2D eigenvalue weighted by Gasteiger charge is 2.11. The third-order valence-electron chi connectivity index (χ3n) is 3.78. The number of hydrogen-bond donors (Lipinski definition) is 3. The lowest BCUT2D eigenvalue weighted by Crippen LogP contribution is -2.38. The molecule has 0 amide bonds. The average Bonchev–Trinajstić information content (AvgIpc) is 2.61. The van der Waals surface area contributed by atoms with E-state index in [-0.39, 0.29) is 11.8 Å². The maximum absolute atomic E-state index is 10.2. The first-order chi connectivity index (χ1) is 12.1. The lowest BCUT2D eigenvalue weighted by molar-refractivity contribution is 0.370. The molecule has 0 spiro atoms. The van der Waals surface area contributed by atoms with Gasteiger partial charge in [0, 0.05) is 16.6 Å². The fourth-order valence-corrected chi connectivity index (χ4v) is 3.08. The number of para-hydroxylation sites is 1. The first-order valence-electron chi connectivity index (χ1n) is 8.21. The number of phenolic OH excluding ortho intramolecular Hbond substituents is 1. The molecule has 5 nitrogen and oxygen atoms in total. The van der Waals surface area contributed by atoms with Crippen LogP contribution < -0.4 is 15.4 Å². The van der Waals surface area contributed by atoms with E-state index in [1.807, 2.05) is 37.3 Å². The second-order valence-corrected chi connectivity index (χ2v) is 6.41. The van der Waals surface area contributed by atoms with E-state index in [1.165, 1.54) is 7.11 Å².